The van der Waals surface area contributed by atoms with Gasteiger partial charge in [0.1, 0.15) is 5.82 Å². The molecule has 7 nitrogen and oxygen atoms in total. The monoisotopic (exact) mass is 442 g/mol. The number of benzene rings is 1. The number of urea groups is 1. The predicted molar refractivity (Wildman–Crippen MR) is 120 cm³/mol. The molecule has 2 heterocycles. The predicted octanol–water partition coefficient (Wildman–Crippen LogP) is 3.10. The summed E-state index contributed by atoms with van der Waals surface area (Å²) in [5, 5.41) is 2.93. The molecule has 1 saturated heterocycles. The molecule has 1 aromatic heterocycles. The number of amides is 2. The molecule has 1 aliphatic heterocycles. The van der Waals surface area contributed by atoms with Gasteiger partial charge in [-0.05, 0) is 67.7 Å². The number of carbonyl (C=O) groups is 2. The van der Waals surface area contributed by atoms with Gasteiger partial charge in [0.15, 0.2) is 5.78 Å². The Kier molecular flexibility index (Phi) is 8.70. The molecule has 3 rings (SSSR count). The second-order valence-electron chi connectivity index (χ2n) is 8.28. The lowest BCUT2D eigenvalue weighted by molar-refractivity contribution is 0.0886. The summed E-state index contributed by atoms with van der Waals surface area (Å²) in [7, 11) is 3.43. The van der Waals surface area contributed by atoms with Gasteiger partial charge in [-0.2, -0.15) is 0 Å². The summed E-state index contributed by atoms with van der Waals surface area (Å²) < 4.78 is 18.1. The number of likely N-dealkylation sites (tertiary alicyclic amines) is 1. The molecular weight excluding hydrogens is 411 g/mol. The Morgan fingerprint density at radius 1 is 1.19 bits per heavy atom. The molecule has 1 aliphatic rings. The highest BCUT2D eigenvalue weighted by atomic mass is 19.1. The summed E-state index contributed by atoms with van der Waals surface area (Å²) >= 11 is 0. The van der Waals surface area contributed by atoms with Gasteiger partial charge in [0.2, 0.25) is 0 Å². The van der Waals surface area contributed by atoms with Crippen molar-refractivity contribution in [3.05, 3.63) is 65.2 Å². The number of aromatic nitrogens is 1. The van der Waals surface area contributed by atoms with Crippen molar-refractivity contribution in [3.63, 3.8) is 0 Å². The van der Waals surface area contributed by atoms with Crippen molar-refractivity contribution < 1.29 is 18.7 Å². The van der Waals surface area contributed by atoms with E-state index in [4.69, 9.17) is 4.74 Å². The number of halogens is 1. The minimum absolute atomic E-state index is 0.00434. The van der Waals surface area contributed by atoms with Gasteiger partial charge >= 0.3 is 6.03 Å². The number of carbonyl (C=O) groups excluding carboxylic acids is 2. The van der Waals surface area contributed by atoms with Crippen LogP contribution in [0, 0.1) is 11.7 Å². The molecule has 2 amide bonds. The van der Waals surface area contributed by atoms with Crippen LogP contribution in [-0.4, -0.2) is 66.9 Å². The van der Waals surface area contributed by atoms with Gasteiger partial charge in [-0.1, -0.05) is 6.07 Å². The molecule has 2 aromatic rings. The molecule has 1 N–H and O–H groups in total. The Morgan fingerprint density at radius 3 is 2.53 bits per heavy atom. The fourth-order valence-corrected chi connectivity index (χ4v) is 3.83. The SMILES string of the molecule is COCc1ccc(CNC(=O)N(C)CC2CCN(CC(=O)c3ccc(F)cc3)CC2)cn1. The van der Waals surface area contributed by atoms with E-state index in [9.17, 15) is 14.0 Å². The number of hydrogen-bond donors (Lipinski definition) is 1. The third-order valence-corrected chi connectivity index (χ3v) is 5.74. The van der Waals surface area contributed by atoms with Crippen molar-refractivity contribution in [2.75, 3.05) is 40.3 Å². The highest BCUT2D eigenvalue weighted by molar-refractivity contribution is 5.97. The summed E-state index contributed by atoms with van der Waals surface area (Å²) in [5.41, 5.74) is 2.32. The third kappa shape index (κ3) is 7.10. The van der Waals surface area contributed by atoms with E-state index < -0.39 is 0 Å². The minimum Gasteiger partial charge on any atom is -0.378 e. The number of ketones is 1. The fraction of sp³-hybridized carbons (Fsp3) is 0.458. The summed E-state index contributed by atoms with van der Waals surface area (Å²) in [5.74, 6) is 0.0646. The molecule has 0 atom stereocenters. The quantitative estimate of drug-likeness (QED) is 0.604. The van der Waals surface area contributed by atoms with Crippen LogP contribution < -0.4 is 5.32 Å². The van der Waals surface area contributed by atoms with Crippen molar-refractivity contribution in [3.8, 4) is 0 Å². The van der Waals surface area contributed by atoms with Gasteiger partial charge in [-0.25, -0.2) is 9.18 Å². The molecule has 0 spiro atoms. The number of pyridine rings is 1. The minimum atomic E-state index is -0.341. The number of hydrogen-bond acceptors (Lipinski definition) is 5. The normalized spacial score (nSPS) is 14.8. The van der Waals surface area contributed by atoms with Crippen LogP contribution in [0.15, 0.2) is 42.6 Å². The van der Waals surface area contributed by atoms with Crippen LogP contribution in [0.2, 0.25) is 0 Å². The average molecular weight is 443 g/mol. The van der Waals surface area contributed by atoms with E-state index in [2.05, 4.69) is 15.2 Å². The number of piperidine rings is 1. The first kappa shape index (κ1) is 23.8. The highest BCUT2D eigenvalue weighted by Crippen LogP contribution is 2.19. The zero-order valence-corrected chi connectivity index (χ0v) is 18.7. The molecular formula is C24H31FN4O3. The first-order chi connectivity index (χ1) is 15.4. The standard InChI is InChI=1S/C24H31FN4O3/c1-28(24(31)27-14-19-3-8-22(17-32-2)26-13-19)15-18-9-11-29(12-10-18)16-23(30)20-4-6-21(25)7-5-20/h3-8,13,18H,9-12,14-17H2,1-2H3,(H,27,31). The molecule has 0 bridgehead atoms. The second kappa shape index (κ2) is 11.7. The van der Waals surface area contributed by atoms with E-state index in [0.717, 1.165) is 37.2 Å². The summed E-state index contributed by atoms with van der Waals surface area (Å²) in [6.07, 6.45) is 3.61. The average Bonchev–Trinajstić information content (AvgIpc) is 2.80. The van der Waals surface area contributed by atoms with Crippen LogP contribution in [0.3, 0.4) is 0 Å². The maximum absolute atomic E-state index is 13.0. The van der Waals surface area contributed by atoms with Gasteiger partial charge in [-0.15, -0.1) is 0 Å². The molecule has 1 aromatic carbocycles. The van der Waals surface area contributed by atoms with Gasteiger partial charge < -0.3 is 15.0 Å². The molecule has 172 valence electrons. The van der Waals surface area contributed by atoms with E-state index in [1.54, 1.807) is 25.3 Å². The zero-order chi connectivity index (χ0) is 22.9. The number of ether oxygens (including phenoxy) is 1. The molecule has 1 fully saturated rings. The fourth-order valence-electron chi connectivity index (χ4n) is 3.83. The number of nitrogens with zero attached hydrogens (tertiary/aromatic N) is 3. The van der Waals surface area contributed by atoms with Crippen molar-refractivity contribution in [2.24, 2.45) is 5.92 Å². The summed E-state index contributed by atoms with van der Waals surface area (Å²) in [4.78, 5) is 33.0. The lowest BCUT2D eigenvalue weighted by atomic mass is 9.96. The van der Waals surface area contributed by atoms with E-state index in [1.807, 2.05) is 12.1 Å². The van der Waals surface area contributed by atoms with Crippen LogP contribution in [0.5, 0.6) is 0 Å². The number of rotatable bonds is 9. The number of Topliss-reactive ketones (excluding diaryl/α,β-unsaturated/α-hetero) is 1. The highest BCUT2D eigenvalue weighted by Gasteiger charge is 2.23. The Bertz CT molecular complexity index is 881. The summed E-state index contributed by atoms with van der Waals surface area (Å²) in [6.45, 7) is 3.53. The van der Waals surface area contributed by atoms with Crippen LogP contribution >= 0.6 is 0 Å². The molecule has 0 aliphatic carbocycles. The van der Waals surface area contributed by atoms with Crippen molar-refractivity contribution in [1.29, 1.82) is 0 Å². The van der Waals surface area contributed by atoms with Gasteiger partial charge in [0.25, 0.3) is 0 Å². The molecule has 0 radical (unpaired) electrons. The van der Waals surface area contributed by atoms with Crippen LogP contribution in [-0.2, 0) is 17.9 Å². The number of methoxy groups -OCH3 is 1. The maximum atomic E-state index is 13.0. The molecule has 0 unspecified atom stereocenters. The van der Waals surface area contributed by atoms with E-state index in [1.165, 1.54) is 24.3 Å². The third-order valence-electron chi connectivity index (χ3n) is 5.74. The zero-order valence-electron chi connectivity index (χ0n) is 18.7. The van der Waals surface area contributed by atoms with Gasteiger partial charge in [-0.3, -0.25) is 14.7 Å². The Labute approximate surface area is 188 Å². The maximum Gasteiger partial charge on any atom is 0.317 e. The van der Waals surface area contributed by atoms with Crippen LogP contribution in [0.1, 0.15) is 34.5 Å². The molecule has 8 heteroatoms. The smallest absolute Gasteiger partial charge is 0.317 e. The van der Waals surface area contributed by atoms with Crippen molar-refractivity contribution in [1.82, 2.24) is 20.1 Å². The lowest BCUT2D eigenvalue weighted by Gasteiger charge is -2.33. The first-order valence-corrected chi connectivity index (χ1v) is 10.9. The van der Waals surface area contributed by atoms with E-state index in [0.29, 0.717) is 37.7 Å². The largest absolute Gasteiger partial charge is 0.378 e. The Hall–Kier alpha value is -2.84. The topological polar surface area (TPSA) is 74.8 Å². The Morgan fingerprint density at radius 2 is 1.91 bits per heavy atom. The Balaban J connectivity index is 1.37. The van der Waals surface area contributed by atoms with E-state index in [-0.39, 0.29) is 17.6 Å². The van der Waals surface area contributed by atoms with Crippen molar-refractivity contribution >= 4 is 11.8 Å². The molecule has 32 heavy (non-hydrogen) atoms. The second-order valence-corrected chi connectivity index (χ2v) is 8.28. The van der Waals surface area contributed by atoms with E-state index >= 15 is 0 Å². The van der Waals surface area contributed by atoms with Gasteiger partial charge in [0.05, 0.1) is 18.8 Å². The number of nitrogens with one attached hydrogen (secondary N) is 1. The molecule has 0 saturated carbocycles. The first-order valence-electron chi connectivity index (χ1n) is 10.9. The van der Waals surface area contributed by atoms with Crippen molar-refractivity contribution in [2.45, 2.75) is 26.0 Å². The summed E-state index contributed by atoms with van der Waals surface area (Å²) in [6, 6.07) is 9.40. The van der Waals surface area contributed by atoms with Crippen LogP contribution in [0.4, 0.5) is 9.18 Å². The lowest BCUT2D eigenvalue weighted by Crippen LogP contribution is -2.43. The van der Waals surface area contributed by atoms with Gasteiger partial charge in [0, 0.05) is 39.0 Å². The van der Waals surface area contributed by atoms with Crippen LogP contribution in [0.25, 0.3) is 0 Å².